The van der Waals surface area contributed by atoms with Crippen LogP contribution in [0.2, 0.25) is 0 Å². The third-order valence-electron chi connectivity index (χ3n) is 5.94. The van der Waals surface area contributed by atoms with E-state index in [4.69, 9.17) is 0 Å². The maximum atomic E-state index is 12.0. The molecule has 8 heteroatoms. The molecular formula is C22H23N7O. The molecule has 0 aromatic carbocycles. The normalized spacial score (nSPS) is 15.1. The van der Waals surface area contributed by atoms with Gasteiger partial charge in [-0.1, -0.05) is 6.07 Å². The van der Waals surface area contributed by atoms with E-state index < -0.39 is 0 Å². The van der Waals surface area contributed by atoms with Crippen LogP contribution < -0.4 is 10.5 Å². The van der Waals surface area contributed by atoms with Crippen LogP contribution in [-0.2, 0) is 0 Å². The fourth-order valence-corrected chi connectivity index (χ4v) is 4.00. The Morgan fingerprint density at radius 2 is 1.90 bits per heavy atom. The van der Waals surface area contributed by atoms with Crippen molar-refractivity contribution < 1.29 is 0 Å². The Balaban J connectivity index is 1.30. The van der Waals surface area contributed by atoms with Crippen molar-refractivity contribution >= 4 is 11.5 Å². The van der Waals surface area contributed by atoms with Crippen LogP contribution in [0.25, 0.3) is 17.0 Å². The molecular weight excluding hydrogens is 378 g/mol. The molecule has 5 heterocycles. The maximum Gasteiger partial charge on any atom is 0.254 e. The van der Waals surface area contributed by atoms with E-state index in [0.29, 0.717) is 17.3 Å². The highest BCUT2D eigenvalue weighted by atomic mass is 16.1. The quantitative estimate of drug-likeness (QED) is 0.568. The van der Waals surface area contributed by atoms with Crippen molar-refractivity contribution in [1.29, 1.82) is 0 Å². The van der Waals surface area contributed by atoms with E-state index in [1.54, 1.807) is 13.1 Å². The molecule has 0 unspecified atom stereocenters. The van der Waals surface area contributed by atoms with E-state index in [1.165, 1.54) is 0 Å². The number of hydrogen-bond acceptors (Lipinski definition) is 6. The molecule has 1 N–H and O–H groups in total. The summed E-state index contributed by atoms with van der Waals surface area (Å²) >= 11 is 0. The van der Waals surface area contributed by atoms with Gasteiger partial charge in [-0.05, 0) is 51.0 Å². The Labute approximate surface area is 173 Å². The monoisotopic (exact) mass is 401 g/mol. The summed E-state index contributed by atoms with van der Waals surface area (Å²) in [5.41, 5.74) is 2.98. The molecule has 4 aromatic heterocycles. The van der Waals surface area contributed by atoms with Gasteiger partial charge in [0.1, 0.15) is 17.5 Å². The SMILES string of the molecule is Cc1nc(-c2ccc(N3CCC(c4nnc5ccccn45)CC3)nc2)[nH]c(=O)c1C. The first-order valence-corrected chi connectivity index (χ1v) is 10.2. The summed E-state index contributed by atoms with van der Waals surface area (Å²) < 4.78 is 2.09. The Morgan fingerprint density at radius 3 is 2.63 bits per heavy atom. The maximum absolute atomic E-state index is 12.0. The molecule has 0 radical (unpaired) electrons. The van der Waals surface area contributed by atoms with E-state index >= 15 is 0 Å². The number of H-pyrrole nitrogens is 1. The van der Waals surface area contributed by atoms with Gasteiger partial charge >= 0.3 is 0 Å². The summed E-state index contributed by atoms with van der Waals surface area (Å²) in [6, 6.07) is 9.94. The summed E-state index contributed by atoms with van der Waals surface area (Å²) in [7, 11) is 0. The molecule has 4 aromatic rings. The Bertz CT molecular complexity index is 1250. The fraction of sp³-hybridized carbons (Fsp3) is 0.318. The first-order valence-electron chi connectivity index (χ1n) is 10.2. The third-order valence-corrected chi connectivity index (χ3v) is 5.94. The molecule has 0 aliphatic carbocycles. The summed E-state index contributed by atoms with van der Waals surface area (Å²) in [4.78, 5) is 26.3. The lowest BCUT2D eigenvalue weighted by atomic mass is 9.96. The minimum atomic E-state index is -0.107. The van der Waals surface area contributed by atoms with Crippen molar-refractivity contribution in [3.05, 3.63) is 70.2 Å². The van der Waals surface area contributed by atoms with Crippen LogP contribution in [0.15, 0.2) is 47.5 Å². The topological polar surface area (TPSA) is 92.1 Å². The van der Waals surface area contributed by atoms with E-state index in [0.717, 1.165) is 54.5 Å². The standard InChI is InChI=1S/C22H23N7O/c1-14-15(2)24-20(25-22(14)30)17-6-7-18(23-13-17)28-11-8-16(9-12-28)21-27-26-19-5-3-4-10-29(19)21/h3-7,10,13,16H,8-9,11-12H2,1-2H3,(H,24,25,30). The van der Waals surface area contributed by atoms with Gasteiger partial charge in [0.2, 0.25) is 0 Å². The second kappa shape index (κ2) is 7.37. The number of rotatable bonds is 3. The van der Waals surface area contributed by atoms with E-state index in [9.17, 15) is 4.79 Å². The summed E-state index contributed by atoms with van der Waals surface area (Å²) in [5.74, 6) is 2.93. The highest BCUT2D eigenvalue weighted by Gasteiger charge is 2.25. The van der Waals surface area contributed by atoms with Crippen LogP contribution in [0.3, 0.4) is 0 Å². The number of pyridine rings is 2. The summed E-state index contributed by atoms with van der Waals surface area (Å²) in [6.45, 7) is 5.45. The van der Waals surface area contributed by atoms with Crippen LogP contribution >= 0.6 is 0 Å². The van der Waals surface area contributed by atoms with Crippen molar-refractivity contribution in [2.45, 2.75) is 32.6 Å². The van der Waals surface area contributed by atoms with Gasteiger partial charge in [-0.25, -0.2) is 9.97 Å². The van der Waals surface area contributed by atoms with Crippen molar-refractivity contribution in [2.24, 2.45) is 0 Å². The zero-order valence-electron chi connectivity index (χ0n) is 17.0. The van der Waals surface area contributed by atoms with Crippen LogP contribution in [0.4, 0.5) is 5.82 Å². The molecule has 0 spiro atoms. The molecule has 0 bridgehead atoms. The van der Waals surface area contributed by atoms with Gasteiger partial charge in [-0.3, -0.25) is 9.20 Å². The third kappa shape index (κ3) is 3.24. The lowest BCUT2D eigenvalue weighted by molar-refractivity contribution is 0.480. The minimum absolute atomic E-state index is 0.107. The molecule has 30 heavy (non-hydrogen) atoms. The average Bonchev–Trinajstić information content (AvgIpc) is 3.22. The highest BCUT2D eigenvalue weighted by Crippen LogP contribution is 2.29. The van der Waals surface area contributed by atoms with Gasteiger partial charge in [-0.2, -0.15) is 0 Å². The summed E-state index contributed by atoms with van der Waals surface area (Å²) in [6.07, 6.45) is 5.82. The van der Waals surface area contributed by atoms with Gasteiger partial charge in [0.15, 0.2) is 5.65 Å². The number of fused-ring (bicyclic) bond motifs is 1. The largest absolute Gasteiger partial charge is 0.357 e. The zero-order chi connectivity index (χ0) is 20.7. The molecule has 1 aliphatic heterocycles. The molecule has 152 valence electrons. The van der Waals surface area contributed by atoms with E-state index in [-0.39, 0.29) is 5.56 Å². The van der Waals surface area contributed by atoms with Crippen molar-refractivity contribution in [1.82, 2.24) is 29.5 Å². The number of nitrogens with zero attached hydrogens (tertiary/aromatic N) is 6. The number of aromatic nitrogens is 6. The number of nitrogens with one attached hydrogen (secondary N) is 1. The molecule has 1 fully saturated rings. The van der Waals surface area contributed by atoms with E-state index in [2.05, 4.69) is 34.4 Å². The fourth-order valence-electron chi connectivity index (χ4n) is 4.00. The molecule has 5 rings (SSSR count). The summed E-state index contributed by atoms with van der Waals surface area (Å²) in [5, 5.41) is 8.71. The lowest BCUT2D eigenvalue weighted by Gasteiger charge is -2.32. The van der Waals surface area contributed by atoms with Gasteiger partial charge in [0, 0.05) is 48.2 Å². The van der Waals surface area contributed by atoms with Crippen LogP contribution in [0, 0.1) is 13.8 Å². The van der Waals surface area contributed by atoms with Crippen molar-refractivity contribution in [3.8, 4) is 11.4 Å². The molecule has 8 nitrogen and oxygen atoms in total. The van der Waals surface area contributed by atoms with Gasteiger partial charge in [0.05, 0.1) is 0 Å². The van der Waals surface area contributed by atoms with Gasteiger partial charge in [-0.15, -0.1) is 10.2 Å². The number of piperidine rings is 1. The Hall–Kier alpha value is -3.55. The van der Waals surface area contributed by atoms with Crippen LogP contribution in [0.5, 0.6) is 0 Å². The Kier molecular flexibility index (Phi) is 4.54. The lowest BCUT2D eigenvalue weighted by Crippen LogP contribution is -2.34. The van der Waals surface area contributed by atoms with Crippen LogP contribution in [-0.4, -0.2) is 42.6 Å². The predicted molar refractivity (Wildman–Crippen MR) is 115 cm³/mol. The minimum Gasteiger partial charge on any atom is -0.357 e. The number of anilines is 1. The molecule has 0 amide bonds. The number of aryl methyl sites for hydroxylation is 1. The van der Waals surface area contributed by atoms with E-state index in [1.807, 2.05) is 43.5 Å². The Morgan fingerprint density at radius 1 is 1.07 bits per heavy atom. The molecule has 0 atom stereocenters. The second-order valence-corrected chi connectivity index (χ2v) is 7.78. The highest BCUT2D eigenvalue weighted by molar-refractivity contribution is 5.56. The first-order chi connectivity index (χ1) is 14.6. The second-order valence-electron chi connectivity index (χ2n) is 7.78. The number of hydrogen-bond donors (Lipinski definition) is 1. The molecule has 0 saturated carbocycles. The smallest absolute Gasteiger partial charge is 0.254 e. The van der Waals surface area contributed by atoms with Crippen molar-refractivity contribution in [2.75, 3.05) is 18.0 Å². The predicted octanol–water partition coefficient (Wildman–Crippen LogP) is 2.88. The zero-order valence-corrected chi connectivity index (χ0v) is 17.0. The van der Waals surface area contributed by atoms with Crippen molar-refractivity contribution in [3.63, 3.8) is 0 Å². The molecule has 1 saturated heterocycles. The van der Waals surface area contributed by atoms with Crippen LogP contribution in [0.1, 0.15) is 35.8 Å². The molecule has 1 aliphatic rings. The van der Waals surface area contributed by atoms with Gasteiger partial charge in [0.25, 0.3) is 5.56 Å². The first kappa shape index (κ1) is 18.5. The average molecular weight is 401 g/mol. The van der Waals surface area contributed by atoms with Gasteiger partial charge < -0.3 is 9.88 Å². The number of aromatic amines is 1.